The fraction of sp³-hybridized carbons (Fsp3) is 0.250. The van der Waals surface area contributed by atoms with E-state index in [4.69, 9.17) is 4.74 Å². The van der Waals surface area contributed by atoms with Crippen LogP contribution in [0.1, 0.15) is 43.1 Å². The number of alkyl halides is 2. The van der Waals surface area contributed by atoms with E-state index < -0.39 is 48.0 Å². The van der Waals surface area contributed by atoms with Gasteiger partial charge in [-0.3, -0.25) is 0 Å². The van der Waals surface area contributed by atoms with Crippen molar-refractivity contribution in [3.63, 3.8) is 0 Å². The van der Waals surface area contributed by atoms with Crippen LogP contribution in [0.15, 0.2) is 72.8 Å². The first-order chi connectivity index (χ1) is 18.7. The average molecular weight is 543 g/mol. The first kappa shape index (κ1) is 28.3. The zero-order valence-electron chi connectivity index (χ0n) is 21.6. The quantitative estimate of drug-likeness (QED) is 0.181. The molecular formula is C32H28F6O. The summed E-state index contributed by atoms with van der Waals surface area (Å²) in [7, 11) is 0. The molecule has 0 bridgehead atoms. The summed E-state index contributed by atoms with van der Waals surface area (Å²) >= 11 is 0. The molecule has 0 saturated carbocycles. The molecule has 0 spiro atoms. The van der Waals surface area contributed by atoms with E-state index in [0.29, 0.717) is 11.1 Å². The Hall–Kier alpha value is -3.74. The molecule has 4 aromatic carbocycles. The van der Waals surface area contributed by atoms with Gasteiger partial charge in [0.1, 0.15) is 18.2 Å². The molecule has 0 fully saturated rings. The van der Waals surface area contributed by atoms with Crippen LogP contribution in [-0.2, 0) is 12.8 Å². The van der Waals surface area contributed by atoms with Crippen LogP contribution >= 0.6 is 0 Å². The van der Waals surface area contributed by atoms with E-state index >= 15 is 0 Å². The van der Waals surface area contributed by atoms with Crippen molar-refractivity contribution in [3.8, 4) is 28.0 Å². The summed E-state index contributed by atoms with van der Waals surface area (Å²) in [6.45, 7) is 2.82. The standard InChI is InChI=1S/C32H28F6O/c1-3-5-19-6-8-21(9-7-19)24-13-10-22(16-26(24)33)25-14-11-23(17-27(25)34)30(36)28(35)18-39-29-15-12-20(4-2)31(37)32(29)38/h6-17,28,30H,3-5,18H2,1-2H3. The number of hydrogen-bond acceptors (Lipinski definition) is 1. The zero-order valence-corrected chi connectivity index (χ0v) is 21.6. The van der Waals surface area contributed by atoms with Crippen LogP contribution in [0, 0.1) is 23.3 Å². The second-order valence-corrected chi connectivity index (χ2v) is 9.31. The maximum Gasteiger partial charge on any atom is 0.200 e. The minimum Gasteiger partial charge on any atom is -0.487 e. The molecule has 0 N–H and O–H groups in total. The molecule has 204 valence electrons. The molecule has 0 heterocycles. The molecule has 0 aliphatic carbocycles. The number of halogens is 6. The largest absolute Gasteiger partial charge is 0.487 e. The minimum atomic E-state index is -2.29. The predicted octanol–water partition coefficient (Wildman–Crippen LogP) is 9.52. The van der Waals surface area contributed by atoms with Crippen molar-refractivity contribution in [3.05, 3.63) is 113 Å². The van der Waals surface area contributed by atoms with Crippen molar-refractivity contribution in [2.24, 2.45) is 0 Å². The lowest BCUT2D eigenvalue weighted by Crippen LogP contribution is -2.19. The lowest BCUT2D eigenvalue weighted by molar-refractivity contribution is 0.106. The Kier molecular flexibility index (Phi) is 9.00. The number of aryl methyl sites for hydroxylation is 2. The molecule has 4 aromatic rings. The predicted molar refractivity (Wildman–Crippen MR) is 141 cm³/mol. The second kappa shape index (κ2) is 12.4. The van der Waals surface area contributed by atoms with Crippen LogP contribution < -0.4 is 4.74 Å². The normalized spacial score (nSPS) is 12.8. The van der Waals surface area contributed by atoms with E-state index in [1.807, 2.05) is 24.3 Å². The summed E-state index contributed by atoms with van der Waals surface area (Å²) in [5.41, 5.74) is 2.30. The van der Waals surface area contributed by atoms with Gasteiger partial charge < -0.3 is 4.74 Å². The molecule has 2 unspecified atom stereocenters. The fourth-order valence-corrected chi connectivity index (χ4v) is 4.41. The Labute approximate surface area is 224 Å². The lowest BCUT2D eigenvalue weighted by Gasteiger charge is -2.17. The van der Waals surface area contributed by atoms with Crippen molar-refractivity contribution in [1.29, 1.82) is 0 Å². The highest BCUT2D eigenvalue weighted by molar-refractivity contribution is 5.71. The zero-order chi connectivity index (χ0) is 28.1. The van der Waals surface area contributed by atoms with Gasteiger partial charge in [-0.2, -0.15) is 4.39 Å². The number of ether oxygens (including phenoxy) is 1. The Morgan fingerprint density at radius 3 is 1.97 bits per heavy atom. The topological polar surface area (TPSA) is 9.23 Å². The van der Waals surface area contributed by atoms with Gasteiger partial charge in [-0.05, 0) is 58.9 Å². The molecule has 1 nitrogen and oxygen atoms in total. The van der Waals surface area contributed by atoms with E-state index in [-0.39, 0.29) is 28.7 Å². The van der Waals surface area contributed by atoms with Crippen molar-refractivity contribution in [1.82, 2.24) is 0 Å². The third-order valence-electron chi connectivity index (χ3n) is 6.62. The third-order valence-corrected chi connectivity index (χ3v) is 6.62. The summed E-state index contributed by atoms with van der Waals surface area (Å²) in [4.78, 5) is 0. The molecule has 39 heavy (non-hydrogen) atoms. The molecule has 0 saturated heterocycles. The van der Waals surface area contributed by atoms with Crippen molar-refractivity contribution in [2.45, 2.75) is 45.5 Å². The Morgan fingerprint density at radius 2 is 1.33 bits per heavy atom. The van der Waals surface area contributed by atoms with Crippen molar-refractivity contribution in [2.75, 3.05) is 6.61 Å². The summed E-state index contributed by atoms with van der Waals surface area (Å²) in [6.07, 6.45) is -2.37. The smallest absolute Gasteiger partial charge is 0.200 e. The molecule has 4 rings (SSSR count). The Morgan fingerprint density at radius 1 is 0.692 bits per heavy atom. The lowest BCUT2D eigenvalue weighted by atomic mass is 9.96. The summed E-state index contributed by atoms with van der Waals surface area (Å²) < 4.78 is 92.1. The van der Waals surface area contributed by atoms with E-state index in [2.05, 4.69) is 6.92 Å². The van der Waals surface area contributed by atoms with Gasteiger partial charge >= 0.3 is 0 Å². The van der Waals surface area contributed by atoms with Crippen LogP contribution in [0.5, 0.6) is 5.75 Å². The molecule has 0 radical (unpaired) electrons. The highest BCUT2D eigenvalue weighted by Crippen LogP contribution is 2.33. The monoisotopic (exact) mass is 542 g/mol. The van der Waals surface area contributed by atoms with Gasteiger partial charge in [-0.1, -0.05) is 74.9 Å². The maximum absolute atomic E-state index is 14.9. The van der Waals surface area contributed by atoms with Gasteiger partial charge in [-0.15, -0.1) is 0 Å². The SMILES string of the molecule is CCCc1ccc(-c2ccc(-c3ccc(C(F)C(F)COc4ccc(CC)c(F)c4F)cc3F)cc2F)cc1. The third kappa shape index (κ3) is 6.29. The Bertz CT molecular complexity index is 1430. The molecule has 0 aliphatic rings. The highest BCUT2D eigenvalue weighted by atomic mass is 19.2. The van der Waals surface area contributed by atoms with Crippen LogP contribution in [0.3, 0.4) is 0 Å². The summed E-state index contributed by atoms with van der Waals surface area (Å²) in [5, 5.41) is 0. The van der Waals surface area contributed by atoms with Gasteiger partial charge in [-0.25, -0.2) is 22.0 Å². The molecule has 2 atom stereocenters. The van der Waals surface area contributed by atoms with Crippen LogP contribution in [0.4, 0.5) is 26.3 Å². The first-order valence-corrected chi connectivity index (χ1v) is 12.8. The Balaban J connectivity index is 1.46. The van der Waals surface area contributed by atoms with E-state index in [9.17, 15) is 26.3 Å². The van der Waals surface area contributed by atoms with Crippen molar-refractivity contribution < 1.29 is 31.1 Å². The average Bonchev–Trinajstić information content (AvgIpc) is 2.94. The first-order valence-electron chi connectivity index (χ1n) is 12.8. The van der Waals surface area contributed by atoms with Crippen LogP contribution in [0.2, 0.25) is 0 Å². The van der Waals surface area contributed by atoms with Crippen LogP contribution in [0.25, 0.3) is 22.3 Å². The van der Waals surface area contributed by atoms with Gasteiger partial charge in [0, 0.05) is 11.1 Å². The molecule has 0 aliphatic heterocycles. The number of hydrogen-bond donors (Lipinski definition) is 0. The molecule has 0 amide bonds. The van der Waals surface area contributed by atoms with Crippen molar-refractivity contribution >= 4 is 0 Å². The molecule has 7 heteroatoms. The van der Waals surface area contributed by atoms with E-state index in [0.717, 1.165) is 30.5 Å². The fourth-order valence-electron chi connectivity index (χ4n) is 4.41. The van der Waals surface area contributed by atoms with Crippen LogP contribution in [-0.4, -0.2) is 12.8 Å². The van der Waals surface area contributed by atoms with E-state index in [1.165, 1.54) is 24.3 Å². The highest BCUT2D eigenvalue weighted by Gasteiger charge is 2.25. The van der Waals surface area contributed by atoms with Gasteiger partial charge in [0.05, 0.1) is 0 Å². The molecular weight excluding hydrogens is 514 g/mol. The number of benzene rings is 4. The number of rotatable bonds is 10. The second-order valence-electron chi connectivity index (χ2n) is 9.31. The summed E-state index contributed by atoms with van der Waals surface area (Å²) in [6, 6.07) is 17.6. The van der Waals surface area contributed by atoms with Gasteiger partial charge in [0.15, 0.2) is 23.9 Å². The van der Waals surface area contributed by atoms with Gasteiger partial charge in [0.2, 0.25) is 5.82 Å². The van der Waals surface area contributed by atoms with Gasteiger partial charge in [0.25, 0.3) is 0 Å². The molecule has 0 aromatic heterocycles. The minimum absolute atomic E-state index is 0.0231. The maximum atomic E-state index is 14.9. The van der Waals surface area contributed by atoms with E-state index in [1.54, 1.807) is 19.1 Å². The summed E-state index contributed by atoms with van der Waals surface area (Å²) in [5.74, 6) is -4.32.